The van der Waals surface area contributed by atoms with E-state index < -0.39 is 41.2 Å². The lowest BCUT2D eigenvalue weighted by Crippen LogP contribution is -2.54. The number of terminal acetylenes is 1. The summed E-state index contributed by atoms with van der Waals surface area (Å²) in [6.45, 7) is 3.96. The second-order valence-electron chi connectivity index (χ2n) is 13.0. The normalized spacial score (nSPS) is 35.3. The number of amides is 1. The number of carboxylic acid groups (broad SMARTS) is 1. The monoisotopic (exact) mass is 593 g/mol. The first kappa shape index (κ1) is 30.7. The molecule has 4 aliphatic rings. The van der Waals surface area contributed by atoms with Gasteiger partial charge in [0.2, 0.25) is 0 Å². The quantitative estimate of drug-likeness (QED) is 0.200. The third-order valence-corrected chi connectivity index (χ3v) is 11.1. The highest BCUT2D eigenvalue weighted by Crippen LogP contribution is 2.67. The van der Waals surface area contributed by atoms with Crippen LogP contribution in [0.25, 0.3) is 0 Å². The van der Waals surface area contributed by atoms with Crippen molar-refractivity contribution in [3.63, 3.8) is 0 Å². The summed E-state index contributed by atoms with van der Waals surface area (Å²) in [4.78, 5) is 39.9. The second kappa shape index (κ2) is 11.4. The third-order valence-electron chi connectivity index (χ3n) is 11.1. The van der Waals surface area contributed by atoms with Gasteiger partial charge < -0.3 is 25.5 Å². The Labute approximate surface area is 250 Å². The van der Waals surface area contributed by atoms with Crippen LogP contribution >= 0.6 is 0 Å². The Morgan fingerprint density at radius 3 is 2.65 bits per heavy atom. The van der Waals surface area contributed by atoms with Crippen LogP contribution in [0.2, 0.25) is 0 Å². The molecule has 0 spiro atoms. The molecule has 0 bridgehead atoms. The topological polar surface area (TPSA) is 172 Å². The maximum atomic E-state index is 12.5. The predicted molar refractivity (Wildman–Crippen MR) is 156 cm³/mol. The van der Waals surface area contributed by atoms with Crippen LogP contribution in [-0.2, 0) is 14.4 Å². The number of hydrogen-bond donors (Lipinski definition) is 4. The van der Waals surface area contributed by atoms with Crippen LogP contribution in [0.15, 0.2) is 41.1 Å². The summed E-state index contributed by atoms with van der Waals surface area (Å²) in [5, 5.41) is 48.7. The average Bonchev–Trinajstić information content (AvgIpc) is 3.26. The molecule has 1 amide bonds. The molecule has 0 aromatic heterocycles. The van der Waals surface area contributed by atoms with Crippen LogP contribution in [-0.4, -0.2) is 56.1 Å². The van der Waals surface area contributed by atoms with E-state index in [1.54, 1.807) is 0 Å². The molecule has 11 heteroatoms. The lowest BCUT2D eigenvalue weighted by molar-refractivity contribution is -0.385. The largest absolute Gasteiger partial charge is 0.480 e. The number of rotatable bonds is 8. The van der Waals surface area contributed by atoms with Gasteiger partial charge in [-0.25, -0.2) is 4.79 Å². The predicted octanol–water partition coefficient (Wildman–Crippen LogP) is 3.90. The Bertz CT molecular complexity index is 1420. The number of hydrogen-bond acceptors (Lipinski definition) is 8. The number of allylic oxidation sites excluding steroid dienone is 2. The van der Waals surface area contributed by atoms with Gasteiger partial charge in [0.15, 0.2) is 12.6 Å². The van der Waals surface area contributed by atoms with E-state index in [2.05, 4.69) is 36.3 Å². The molecule has 3 fully saturated rings. The minimum absolute atomic E-state index is 0.0167. The van der Waals surface area contributed by atoms with Crippen molar-refractivity contribution >= 4 is 23.3 Å². The number of carbonyl (C=O) groups excluding carboxylic acids is 1. The van der Waals surface area contributed by atoms with Gasteiger partial charge in [-0.05, 0) is 86.2 Å². The van der Waals surface area contributed by atoms with E-state index in [0.29, 0.717) is 36.3 Å². The van der Waals surface area contributed by atoms with Crippen molar-refractivity contribution in [3.05, 3.63) is 51.6 Å². The summed E-state index contributed by atoms with van der Waals surface area (Å²) in [7, 11) is 0. The molecule has 1 aromatic rings. The number of aliphatic carboxylic acids is 1. The van der Waals surface area contributed by atoms with Crippen LogP contribution in [0.5, 0.6) is 0 Å². The number of benzene rings is 1. The Morgan fingerprint density at radius 1 is 1.21 bits per heavy atom. The van der Waals surface area contributed by atoms with Gasteiger partial charge in [-0.2, -0.15) is 0 Å². The van der Waals surface area contributed by atoms with E-state index in [1.165, 1.54) is 23.8 Å². The van der Waals surface area contributed by atoms with E-state index in [-0.39, 0.29) is 22.1 Å². The molecule has 0 heterocycles. The summed E-state index contributed by atoms with van der Waals surface area (Å²) in [6, 6.07) is 3.20. The maximum Gasteiger partial charge on any atom is 0.329 e. The first-order chi connectivity index (χ1) is 20.3. The van der Waals surface area contributed by atoms with E-state index >= 15 is 0 Å². The zero-order valence-electron chi connectivity index (χ0n) is 24.5. The highest BCUT2D eigenvalue weighted by atomic mass is 16.6. The molecule has 0 unspecified atom stereocenters. The smallest absolute Gasteiger partial charge is 0.329 e. The molecular formula is C32H39N3O8. The Morgan fingerprint density at radius 2 is 1.95 bits per heavy atom. The van der Waals surface area contributed by atoms with Gasteiger partial charge in [0.05, 0.1) is 10.6 Å². The van der Waals surface area contributed by atoms with Crippen LogP contribution < -0.4 is 5.32 Å². The fourth-order valence-electron chi connectivity index (χ4n) is 8.58. The van der Waals surface area contributed by atoms with Gasteiger partial charge in [-0.3, -0.25) is 14.9 Å². The summed E-state index contributed by atoms with van der Waals surface area (Å²) in [5.74, 6) is 1.85. The number of aliphatic hydroxyl groups is 2. The number of nitrogens with one attached hydrogen (secondary N) is 1. The van der Waals surface area contributed by atoms with Gasteiger partial charge in [0.25, 0.3) is 11.6 Å². The molecule has 4 aliphatic carbocycles. The second-order valence-corrected chi connectivity index (χ2v) is 13.0. The molecule has 4 N–H and O–H groups in total. The SMILES string of the molecule is C#C[C@]1(O)CC[C@@H]2[C@@H]3CCC4=CC(=NOCC(=O)N[C@H](C(=O)O)[C@H](O)c5cccc([N+](=O)[O-])c5)CC[C@]4(C)[C@@H]3CC[C@@]21C. The number of carbonyl (C=O) groups is 2. The first-order valence-corrected chi connectivity index (χ1v) is 14.9. The Balaban J connectivity index is 1.21. The molecule has 11 nitrogen and oxygen atoms in total. The number of nitrogens with zero attached hydrogens (tertiary/aromatic N) is 2. The van der Waals surface area contributed by atoms with Crippen LogP contribution in [0.1, 0.15) is 76.9 Å². The van der Waals surface area contributed by atoms with E-state index in [9.17, 15) is 35.0 Å². The highest BCUT2D eigenvalue weighted by Gasteiger charge is 2.63. The van der Waals surface area contributed by atoms with Crippen LogP contribution in [0.3, 0.4) is 0 Å². The van der Waals surface area contributed by atoms with Gasteiger partial charge in [-0.1, -0.05) is 42.6 Å². The first-order valence-electron chi connectivity index (χ1n) is 14.9. The molecule has 8 atom stereocenters. The summed E-state index contributed by atoms with van der Waals surface area (Å²) >= 11 is 0. The standard InChI is InChI=1S/C32H39N3O8/c1-4-32(40)15-12-25-23-9-8-20-17-21(10-13-30(20,2)24(23)11-14-31(25,32)3)34-43-18-26(36)33-27(29(38)39)28(37)19-6-5-7-22(16-19)35(41)42/h1,5-7,16-17,23-25,27-28,37,40H,8-15,18H2,2-3H3,(H,33,36)(H,38,39)/t23-,24-,25-,27+,28-,30+,31+,32+/m1/s1. The number of carboxylic acids is 1. The van der Waals surface area contributed by atoms with Gasteiger partial charge in [0, 0.05) is 17.5 Å². The minimum Gasteiger partial charge on any atom is -0.480 e. The van der Waals surface area contributed by atoms with Gasteiger partial charge in [-0.15, -0.1) is 6.42 Å². The fraction of sp³-hybridized carbons (Fsp3) is 0.594. The molecule has 3 saturated carbocycles. The Hall–Kier alpha value is -3.75. The minimum atomic E-state index is -1.74. The molecule has 0 aliphatic heterocycles. The van der Waals surface area contributed by atoms with Crippen molar-refractivity contribution < 1.29 is 34.7 Å². The van der Waals surface area contributed by atoms with Crippen LogP contribution in [0.4, 0.5) is 5.69 Å². The van der Waals surface area contributed by atoms with Gasteiger partial charge >= 0.3 is 5.97 Å². The van der Waals surface area contributed by atoms with Crippen molar-refractivity contribution in [2.45, 2.75) is 83.0 Å². The lowest BCUT2D eigenvalue weighted by atomic mass is 9.46. The third kappa shape index (κ3) is 5.31. The lowest BCUT2D eigenvalue weighted by Gasteiger charge is -2.58. The van der Waals surface area contributed by atoms with Crippen molar-refractivity contribution in [3.8, 4) is 12.3 Å². The molecule has 230 valence electrons. The van der Waals surface area contributed by atoms with E-state index in [0.717, 1.165) is 44.6 Å². The van der Waals surface area contributed by atoms with Crippen molar-refractivity contribution in [2.24, 2.45) is 33.7 Å². The van der Waals surface area contributed by atoms with Gasteiger partial charge in [0.1, 0.15) is 11.7 Å². The molecule has 43 heavy (non-hydrogen) atoms. The zero-order chi connectivity index (χ0) is 31.2. The molecule has 1 aromatic carbocycles. The van der Waals surface area contributed by atoms with Crippen molar-refractivity contribution in [1.82, 2.24) is 5.32 Å². The number of non-ortho nitro benzene ring substituents is 1. The number of nitro groups is 1. The maximum absolute atomic E-state index is 12.5. The van der Waals surface area contributed by atoms with Crippen molar-refractivity contribution in [1.29, 1.82) is 0 Å². The molecular weight excluding hydrogens is 554 g/mol. The Kier molecular flexibility index (Phi) is 8.13. The molecule has 5 rings (SSSR count). The number of oxime groups is 1. The van der Waals surface area contributed by atoms with E-state index in [4.69, 9.17) is 11.3 Å². The van der Waals surface area contributed by atoms with Crippen LogP contribution in [0, 0.1) is 51.0 Å². The summed E-state index contributed by atoms with van der Waals surface area (Å²) in [5.41, 5.74) is 0.464. The number of aliphatic hydroxyl groups excluding tert-OH is 1. The van der Waals surface area contributed by atoms with E-state index in [1.807, 2.05) is 0 Å². The summed E-state index contributed by atoms with van der Waals surface area (Å²) < 4.78 is 0. The fourth-order valence-corrected chi connectivity index (χ4v) is 8.58. The molecule has 0 radical (unpaired) electrons. The average molecular weight is 594 g/mol. The highest BCUT2D eigenvalue weighted by molar-refractivity contribution is 5.96. The van der Waals surface area contributed by atoms with Crippen molar-refractivity contribution in [2.75, 3.05) is 6.61 Å². The number of nitro benzene ring substituents is 1. The number of fused-ring (bicyclic) bond motifs is 5. The molecule has 0 saturated heterocycles. The summed E-state index contributed by atoms with van der Waals surface area (Å²) in [6.07, 6.45) is 13.2. The zero-order valence-corrected chi connectivity index (χ0v) is 24.5.